The van der Waals surface area contributed by atoms with E-state index in [9.17, 15) is 21.6 Å². The number of benzene rings is 1. The van der Waals surface area contributed by atoms with E-state index >= 15 is 0 Å². The predicted molar refractivity (Wildman–Crippen MR) is 70.5 cm³/mol. The highest BCUT2D eigenvalue weighted by molar-refractivity contribution is 7.92. The van der Waals surface area contributed by atoms with Gasteiger partial charge in [-0.3, -0.25) is 4.72 Å². The zero-order valence-corrected chi connectivity index (χ0v) is 11.9. The fourth-order valence-electron chi connectivity index (χ4n) is 1.37. The second-order valence-electron chi connectivity index (χ2n) is 3.89. The van der Waals surface area contributed by atoms with Crippen molar-refractivity contribution in [1.82, 2.24) is 0 Å². The quantitative estimate of drug-likeness (QED) is 0.616. The number of nitrogens with one attached hydrogen (secondary N) is 1. The molecule has 0 radical (unpaired) electrons. The Balaban J connectivity index is 2.70. The average molecular weight is 332 g/mol. The second-order valence-corrected chi connectivity index (χ2v) is 6.11. The molecule has 0 fully saturated rings. The standard InChI is InChI=1S/C11H13ClF3NO3S/c12-6-1-2-7-20(17,18)16-9-4-3-5-10(8-9)19-11(13,14)15/h3-5,8,16H,1-2,6-7H2. The SMILES string of the molecule is O=S(=O)(CCCCCl)Nc1cccc(OC(F)(F)F)c1. The van der Waals surface area contributed by atoms with E-state index in [-0.39, 0.29) is 11.4 Å². The molecule has 0 atom stereocenters. The van der Waals surface area contributed by atoms with E-state index in [2.05, 4.69) is 9.46 Å². The number of hydrogen-bond acceptors (Lipinski definition) is 3. The maximum Gasteiger partial charge on any atom is 0.573 e. The Morgan fingerprint density at radius 2 is 1.95 bits per heavy atom. The molecular weight excluding hydrogens is 319 g/mol. The summed E-state index contributed by atoms with van der Waals surface area (Å²) in [6, 6.07) is 4.64. The van der Waals surface area contributed by atoms with Gasteiger partial charge in [0.2, 0.25) is 10.0 Å². The Kier molecular flexibility index (Phi) is 5.94. The summed E-state index contributed by atoms with van der Waals surface area (Å²) in [4.78, 5) is 0. The van der Waals surface area contributed by atoms with Crippen molar-refractivity contribution in [2.75, 3.05) is 16.4 Å². The van der Waals surface area contributed by atoms with Gasteiger partial charge in [-0.1, -0.05) is 6.07 Å². The number of ether oxygens (including phenoxy) is 1. The normalized spacial score (nSPS) is 12.2. The van der Waals surface area contributed by atoms with Crippen LogP contribution in [0, 0.1) is 0 Å². The molecule has 0 amide bonds. The van der Waals surface area contributed by atoms with E-state index in [1.807, 2.05) is 0 Å². The largest absolute Gasteiger partial charge is 0.573 e. The smallest absolute Gasteiger partial charge is 0.406 e. The molecule has 0 aliphatic carbocycles. The Bertz CT molecular complexity index is 534. The van der Waals surface area contributed by atoms with Crippen molar-refractivity contribution < 1.29 is 26.3 Å². The lowest BCUT2D eigenvalue weighted by Gasteiger charge is -2.11. The maximum atomic E-state index is 12.0. The fourth-order valence-corrected chi connectivity index (χ4v) is 2.74. The third kappa shape index (κ3) is 6.85. The average Bonchev–Trinajstić information content (AvgIpc) is 2.26. The van der Waals surface area contributed by atoms with Gasteiger partial charge in [0.15, 0.2) is 0 Å². The van der Waals surface area contributed by atoms with E-state index in [4.69, 9.17) is 11.6 Å². The van der Waals surface area contributed by atoms with Gasteiger partial charge >= 0.3 is 6.36 Å². The maximum absolute atomic E-state index is 12.0. The molecule has 9 heteroatoms. The number of unbranched alkanes of at least 4 members (excludes halogenated alkanes) is 1. The predicted octanol–water partition coefficient (Wildman–Crippen LogP) is 3.35. The molecule has 0 spiro atoms. The highest BCUT2D eigenvalue weighted by Gasteiger charge is 2.31. The summed E-state index contributed by atoms with van der Waals surface area (Å²) >= 11 is 5.43. The van der Waals surface area contributed by atoms with Crippen LogP contribution in [0.4, 0.5) is 18.9 Å². The Morgan fingerprint density at radius 1 is 1.25 bits per heavy atom. The van der Waals surface area contributed by atoms with E-state index in [0.29, 0.717) is 18.7 Å². The molecule has 0 saturated carbocycles. The summed E-state index contributed by atoms with van der Waals surface area (Å²) < 4.78 is 65.3. The molecule has 0 saturated heterocycles. The summed E-state index contributed by atoms with van der Waals surface area (Å²) in [5.74, 6) is -0.285. The number of alkyl halides is 4. The van der Waals surface area contributed by atoms with Crippen molar-refractivity contribution >= 4 is 27.3 Å². The van der Waals surface area contributed by atoms with Gasteiger partial charge in [-0.2, -0.15) is 0 Å². The van der Waals surface area contributed by atoms with Crippen LogP contribution in [0.15, 0.2) is 24.3 Å². The number of sulfonamides is 1. The molecule has 0 bridgehead atoms. The van der Waals surface area contributed by atoms with Crippen molar-refractivity contribution in [3.8, 4) is 5.75 Å². The molecule has 0 aliphatic rings. The Labute approximate surface area is 119 Å². The first kappa shape index (κ1) is 16.9. The lowest BCUT2D eigenvalue weighted by molar-refractivity contribution is -0.274. The topological polar surface area (TPSA) is 55.4 Å². The van der Waals surface area contributed by atoms with Crippen molar-refractivity contribution in [3.63, 3.8) is 0 Å². The van der Waals surface area contributed by atoms with Gasteiger partial charge in [0.05, 0.1) is 11.4 Å². The minimum absolute atomic E-state index is 0.0117. The summed E-state index contributed by atoms with van der Waals surface area (Å²) in [6.07, 6.45) is -3.91. The molecule has 4 nitrogen and oxygen atoms in total. The second kappa shape index (κ2) is 7.03. The number of anilines is 1. The number of hydrogen-bond donors (Lipinski definition) is 1. The first-order valence-electron chi connectivity index (χ1n) is 5.64. The van der Waals surface area contributed by atoms with Crippen LogP contribution in [-0.2, 0) is 10.0 Å². The van der Waals surface area contributed by atoms with Gasteiger partial charge in [0.1, 0.15) is 5.75 Å². The Hall–Kier alpha value is -1.15. The van der Waals surface area contributed by atoms with Gasteiger partial charge in [0.25, 0.3) is 0 Å². The van der Waals surface area contributed by atoms with E-state index in [0.717, 1.165) is 12.1 Å². The zero-order valence-electron chi connectivity index (χ0n) is 10.3. The van der Waals surface area contributed by atoms with Crippen LogP contribution in [0.3, 0.4) is 0 Å². The number of rotatable bonds is 7. The molecular formula is C11H13ClF3NO3S. The van der Waals surface area contributed by atoms with Crippen LogP contribution in [0.5, 0.6) is 5.75 Å². The molecule has 0 aromatic heterocycles. The first-order chi connectivity index (χ1) is 9.22. The summed E-state index contributed by atoms with van der Waals surface area (Å²) in [7, 11) is -3.61. The lowest BCUT2D eigenvalue weighted by atomic mass is 10.3. The van der Waals surface area contributed by atoms with Crippen LogP contribution in [-0.4, -0.2) is 26.4 Å². The van der Waals surface area contributed by atoms with Gasteiger partial charge in [-0.25, -0.2) is 8.42 Å². The van der Waals surface area contributed by atoms with Crippen LogP contribution in [0.2, 0.25) is 0 Å². The highest BCUT2D eigenvalue weighted by Crippen LogP contribution is 2.25. The van der Waals surface area contributed by atoms with Gasteiger partial charge in [-0.15, -0.1) is 24.8 Å². The van der Waals surface area contributed by atoms with Crippen molar-refractivity contribution in [2.24, 2.45) is 0 Å². The van der Waals surface area contributed by atoms with Crippen LogP contribution < -0.4 is 9.46 Å². The van der Waals surface area contributed by atoms with E-state index in [1.165, 1.54) is 12.1 Å². The summed E-state index contributed by atoms with van der Waals surface area (Å²) in [6.45, 7) is 0. The molecule has 114 valence electrons. The van der Waals surface area contributed by atoms with Crippen molar-refractivity contribution in [3.05, 3.63) is 24.3 Å². The molecule has 0 heterocycles. The fraction of sp³-hybridized carbons (Fsp3) is 0.455. The van der Waals surface area contributed by atoms with Crippen molar-refractivity contribution in [1.29, 1.82) is 0 Å². The third-order valence-electron chi connectivity index (χ3n) is 2.14. The summed E-state index contributed by atoms with van der Waals surface area (Å²) in [5, 5.41) is 0. The molecule has 0 aliphatic heterocycles. The van der Waals surface area contributed by atoms with E-state index < -0.39 is 22.1 Å². The molecule has 1 aromatic rings. The minimum Gasteiger partial charge on any atom is -0.406 e. The van der Waals surface area contributed by atoms with Gasteiger partial charge < -0.3 is 4.74 Å². The Morgan fingerprint density at radius 3 is 2.55 bits per heavy atom. The van der Waals surface area contributed by atoms with Crippen LogP contribution in [0.25, 0.3) is 0 Å². The van der Waals surface area contributed by atoms with E-state index in [1.54, 1.807) is 0 Å². The molecule has 1 rings (SSSR count). The molecule has 20 heavy (non-hydrogen) atoms. The monoisotopic (exact) mass is 331 g/mol. The van der Waals surface area contributed by atoms with Crippen LogP contribution >= 0.6 is 11.6 Å². The van der Waals surface area contributed by atoms with Gasteiger partial charge in [0, 0.05) is 11.9 Å². The van der Waals surface area contributed by atoms with Crippen molar-refractivity contribution in [2.45, 2.75) is 19.2 Å². The van der Waals surface area contributed by atoms with Gasteiger partial charge in [-0.05, 0) is 25.0 Å². The molecule has 1 aromatic carbocycles. The molecule has 0 unspecified atom stereocenters. The zero-order chi connectivity index (χ0) is 15.2. The minimum atomic E-state index is -4.82. The number of halogens is 4. The first-order valence-corrected chi connectivity index (χ1v) is 7.83. The van der Waals surface area contributed by atoms with Crippen LogP contribution in [0.1, 0.15) is 12.8 Å². The lowest BCUT2D eigenvalue weighted by Crippen LogP contribution is -2.18. The molecule has 1 N–H and O–H groups in total. The highest BCUT2D eigenvalue weighted by atomic mass is 35.5. The third-order valence-corrected chi connectivity index (χ3v) is 3.78. The summed E-state index contributed by atoms with van der Waals surface area (Å²) in [5.41, 5.74) is 0.0117.